The largest absolute Gasteiger partial charge is 0.480 e. The average molecular weight is 244 g/mol. The first-order valence-corrected chi connectivity index (χ1v) is 5.41. The van der Waals surface area contributed by atoms with Gasteiger partial charge in [-0.25, -0.2) is 0 Å². The molecule has 2 aliphatic rings. The molecule has 0 unspecified atom stereocenters. The summed E-state index contributed by atoms with van der Waals surface area (Å²) >= 11 is 0. The number of hydrogen-bond acceptors (Lipinski definition) is 4. The lowest BCUT2D eigenvalue weighted by Gasteiger charge is -2.63. The molecule has 2 saturated carbocycles. The van der Waals surface area contributed by atoms with Crippen LogP contribution in [0, 0.1) is 10.8 Å². The monoisotopic (exact) mass is 244 g/mol. The number of hydrogen-bond donors (Lipinski definition) is 2. The van der Waals surface area contributed by atoms with Crippen molar-refractivity contribution in [1.82, 2.24) is 0 Å². The number of aliphatic carboxylic acids is 2. The molecule has 0 aromatic rings. The summed E-state index contributed by atoms with van der Waals surface area (Å²) in [6.07, 6.45) is 1.46. The van der Waals surface area contributed by atoms with Gasteiger partial charge in [0.2, 0.25) is 0 Å². The molecule has 2 rings (SSSR count). The fourth-order valence-electron chi connectivity index (χ4n) is 3.34. The van der Waals surface area contributed by atoms with Crippen LogP contribution in [0.3, 0.4) is 0 Å². The molecule has 0 bridgehead atoms. The second-order valence-corrected chi connectivity index (χ2v) is 5.22. The molecule has 2 aliphatic carbocycles. The van der Waals surface area contributed by atoms with Gasteiger partial charge in [-0.2, -0.15) is 0 Å². The maximum absolute atomic E-state index is 11.0. The fourth-order valence-corrected chi connectivity index (χ4v) is 3.34. The van der Waals surface area contributed by atoms with Crippen LogP contribution >= 0.6 is 0 Å². The van der Waals surface area contributed by atoms with E-state index in [1.54, 1.807) is 0 Å². The van der Waals surface area contributed by atoms with E-state index in [4.69, 9.17) is 19.7 Å². The van der Waals surface area contributed by atoms with Gasteiger partial charge in [-0.15, -0.1) is 0 Å². The van der Waals surface area contributed by atoms with Crippen molar-refractivity contribution in [3.05, 3.63) is 0 Å². The van der Waals surface area contributed by atoms with Crippen LogP contribution in [0.2, 0.25) is 0 Å². The first kappa shape index (κ1) is 12.3. The van der Waals surface area contributed by atoms with Gasteiger partial charge in [0, 0.05) is 27.1 Å². The van der Waals surface area contributed by atoms with E-state index < -0.39 is 23.1 Å². The van der Waals surface area contributed by atoms with Crippen LogP contribution in [0.5, 0.6) is 0 Å². The van der Waals surface area contributed by atoms with Crippen LogP contribution in [0.1, 0.15) is 25.7 Å². The van der Waals surface area contributed by atoms with Crippen molar-refractivity contribution in [2.24, 2.45) is 10.8 Å². The van der Waals surface area contributed by atoms with Gasteiger partial charge in [-0.3, -0.25) is 9.59 Å². The van der Waals surface area contributed by atoms with Crippen LogP contribution < -0.4 is 0 Å². The molecular weight excluding hydrogens is 228 g/mol. The second kappa shape index (κ2) is 3.43. The number of carbonyl (C=O) groups is 2. The van der Waals surface area contributed by atoms with Crippen LogP contribution in [-0.4, -0.2) is 42.2 Å². The van der Waals surface area contributed by atoms with Gasteiger partial charge in [0.25, 0.3) is 0 Å². The van der Waals surface area contributed by atoms with Crippen molar-refractivity contribution in [3.63, 3.8) is 0 Å². The zero-order valence-electron chi connectivity index (χ0n) is 9.86. The molecule has 0 radical (unpaired) electrons. The molecule has 0 aromatic carbocycles. The van der Waals surface area contributed by atoms with E-state index >= 15 is 0 Å². The first-order chi connectivity index (χ1) is 7.84. The minimum absolute atomic E-state index is 0.166. The van der Waals surface area contributed by atoms with Gasteiger partial charge in [-0.1, -0.05) is 0 Å². The fraction of sp³-hybridized carbons (Fsp3) is 0.818. The van der Waals surface area contributed by atoms with Crippen molar-refractivity contribution in [1.29, 1.82) is 0 Å². The normalized spacial score (nSPS) is 26.9. The van der Waals surface area contributed by atoms with E-state index in [1.807, 2.05) is 0 Å². The number of methoxy groups -OCH3 is 2. The number of carboxylic acids is 2. The lowest BCUT2D eigenvalue weighted by molar-refractivity contribution is -0.325. The van der Waals surface area contributed by atoms with Crippen LogP contribution in [0.25, 0.3) is 0 Å². The molecule has 2 N–H and O–H groups in total. The molecule has 6 heteroatoms. The van der Waals surface area contributed by atoms with Crippen molar-refractivity contribution >= 4 is 11.9 Å². The Hall–Kier alpha value is -1.14. The zero-order chi connectivity index (χ0) is 12.9. The third-order valence-electron chi connectivity index (χ3n) is 4.21. The maximum Gasteiger partial charge on any atom is 0.321 e. The Balaban J connectivity index is 2.05. The maximum atomic E-state index is 11.0. The molecule has 0 aromatic heterocycles. The smallest absolute Gasteiger partial charge is 0.321 e. The molecular formula is C11H16O6. The van der Waals surface area contributed by atoms with Gasteiger partial charge < -0.3 is 19.7 Å². The van der Waals surface area contributed by atoms with Gasteiger partial charge in [0.1, 0.15) is 0 Å². The third-order valence-corrected chi connectivity index (χ3v) is 4.21. The minimum Gasteiger partial charge on any atom is -0.480 e. The predicted molar refractivity (Wildman–Crippen MR) is 55.4 cm³/mol. The van der Waals surface area contributed by atoms with Crippen LogP contribution in [0.4, 0.5) is 0 Å². The van der Waals surface area contributed by atoms with E-state index in [2.05, 4.69) is 0 Å². The van der Waals surface area contributed by atoms with E-state index in [1.165, 1.54) is 14.2 Å². The average Bonchev–Trinajstić information content (AvgIpc) is 2.14. The summed E-state index contributed by atoms with van der Waals surface area (Å²) in [5.74, 6) is -3.14. The lowest BCUT2D eigenvalue weighted by Crippen LogP contribution is -2.66. The van der Waals surface area contributed by atoms with Crippen molar-refractivity contribution in [2.75, 3.05) is 14.2 Å². The van der Waals surface area contributed by atoms with Crippen molar-refractivity contribution in [3.8, 4) is 0 Å². The van der Waals surface area contributed by atoms with E-state index in [0.717, 1.165) is 0 Å². The highest BCUT2D eigenvalue weighted by atomic mass is 16.7. The Morgan fingerprint density at radius 3 is 1.65 bits per heavy atom. The molecule has 0 atom stereocenters. The van der Waals surface area contributed by atoms with Crippen LogP contribution in [-0.2, 0) is 19.1 Å². The summed E-state index contributed by atoms with van der Waals surface area (Å²) in [6, 6.07) is 0. The summed E-state index contributed by atoms with van der Waals surface area (Å²) in [5.41, 5.74) is -1.84. The van der Waals surface area contributed by atoms with Gasteiger partial charge in [0.15, 0.2) is 11.2 Å². The molecule has 0 saturated heterocycles. The Bertz CT molecular complexity index is 338. The van der Waals surface area contributed by atoms with E-state index in [0.29, 0.717) is 12.8 Å². The SMILES string of the molecule is COC1(OC)CC2(C1)CC(C(=O)O)(C(=O)O)C2. The number of rotatable bonds is 4. The molecule has 96 valence electrons. The van der Waals surface area contributed by atoms with Crippen LogP contribution in [0.15, 0.2) is 0 Å². The topological polar surface area (TPSA) is 93.1 Å². The van der Waals surface area contributed by atoms with Crippen molar-refractivity contribution < 1.29 is 29.3 Å². The third kappa shape index (κ3) is 1.47. The zero-order valence-corrected chi connectivity index (χ0v) is 9.86. The quantitative estimate of drug-likeness (QED) is 0.558. The Labute approximate surface area is 98.5 Å². The molecule has 0 aliphatic heterocycles. The molecule has 0 amide bonds. The Kier molecular flexibility index (Phi) is 2.48. The standard InChI is InChI=1S/C11H16O6/c1-16-11(17-2)5-9(6-11)3-10(4-9,7(12)13)8(14)15/h3-6H2,1-2H3,(H,12,13)(H,14,15). The van der Waals surface area contributed by atoms with E-state index in [-0.39, 0.29) is 18.3 Å². The minimum atomic E-state index is -1.60. The van der Waals surface area contributed by atoms with E-state index in [9.17, 15) is 9.59 Å². The summed E-state index contributed by atoms with van der Waals surface area (Å²) in [5, 5.41) is 18.0. The molecule has 1 spiro atoms. The summed E-state index contributed by atoms with van der Waals surface area (Å²) in [6.45, 7) is 0. The van der Waals surface area contributed by atoms with Gasteiger partial charge in [-0.05, 0) is 18.3 Å². The first-order valence-electron chi connectivity index (χ1n) is 5.41. The molecule has 6 nitrogen and oxygen atoms in total. The van der Waals surface area contributed by atoms with Gasteiger partial charge >= 0.3 is 11.9 Å². The Morgan fingerprint density at radius 1 is 0.941 bits per heavy atom. The predicted octanol–water partition coefficient (Wildman–Crippen LogP) is 0.705. The van der Waals surface area contributed by atoms with Crippen molar-refractivity contribution in [2.45, 2.75) is 31.5 Å². The van der Waals surface area contributed by atoms with Gasteiger partial charge in [0.05, 0.1) is 0 Å². The molecule has 0 heterocycles. The second-order valence-electron chi connectivity index (χ2n) is 5.22. The highest BCUT2D eigenvalue weighted by molar-refractivity contribution is 5.99. The highest BCUT2D eigenvalue weighted by Gasteiger charge is 2.71. The summed E-state index contributed by atoms with van der Waals surface area (Å²) in [4.78, 5) is 22.1. The summed E-state index contributed by atoms with van der Waals surface area (Å²) in [7, 11) is 3.08. The molecule has 17 heavy (non-hydrogen) atoms. The molecule has 2 fully saturated rings. The number of ether oxygens (including phenoxy) is 2. The highest BCUT2D eigenvalue weighted by Crippen LogP contribution is 2.68. The number of carboxylic acid groups (broad SMARTS) is 2. The lowest BCUT2D eigenvalue weighted by atomic mass is 9.43. The Morgan fingerprint density at radius 2 is 1.35 bits per heavy atom. The summed E-state index contributed by atoms with van der Waals surface area (Å²) < 4.78 is 10.5.